The SMILES string of the molecule is CSc1cccc(C#CCCS)c1. The fraction of sp³-hybridized carbons (Fsp3) is 0.273. The Balaban J connectivity index is 2.73. The maximum absolute atomic E-state index is 4.10. The van der Waals surface area contributed by atoms with Gasteiger partial charge >= 0.3 is 0 Å². The monoisotopic (exact) mass is 208 g/mol. The molecule has 0 aromatic heterocycles. The highest BCUT2D eigenvalue weighted by Crippen LogP contribution is 2.14. The first kappa shape index (κ1) is 10.6. The second kappa shape index (κ2) is 6.01. The predicted molar refractivity (Wildman–Crippen MR) is 63.6 cm³/mol. The Morgan fingerprint density at radius 1 is 1.46 bits per heavy atom. The second-order valence-electron chi connectivity index (χ2n) is 2.51. The van der Waals surface area contributed by atoms with Gasteiger partial charge < -0.3 is 0 Å². The predicted octanol–water partition coefficient (Wildman–Crippen LogP) is 3.08. The lowest BCUT2D eigenvalue weighted by molar-refractivity contribution is 1.31. The third-order valence-corrected chi connectivity index (χ3v) is 2.49. The van der Waals surface area contributed by atoms with Gasteiger partial charge in [-0.3, -0.25) is 0 Å². The molecule has 0 unspecified atom stereocenters. The Kier molecular flexibility index (Phi) is 4.88. The zero-order valence-electron chi connectivity index (χ0n) is 7.58. The van der Waals surface area contributed by atoms with Crippen molar-refractivity contribution >= 4 is 24.4 Å². The smallest absolute Gasteiger partial charge is 0.0256 e. The minimum Gasteiger partial charge on any atom is -0.178 e. The van der Waals surface area contributed by atoms with E-state index in [1.165, 1.54) is 4.90 Å². The molecule has 0 fully saturated rings. The average molecular weight is 208 g/mol. The quantitative estimate of drug-likeness (QED) is 0.443. The van der Waals surface area contributed by atoms with Gasteiger partial charge in [-0.25, -0.2) is 0 Å². The van der Waals surface area contributed by atoms with Crippen LogP contribution in [-0.2, 0) is 0 Å². The van der Waals surface area contributed by atoms with Gasteiger partial charge in [0.15, 0.2) is 0 Å². The van der Waals surface area contributed by atoms with Crippen LogP contribution in [0, 0.1) is 11.8 Å². The lowest BCUT2D eigenvalue weighted by Gasteiger charge is -1.95. The Hall–Kier alpha value is -0.520. The molecule has 2 heteroatoms. The van der Waals surface area contributed by atoms with Crippen LogP contribution in [0.3, 0.4) is 0 Å². The summed E-state index contributed by atoms with van der Waals surface area (Å²) in [5.41, 5.74) is 1.09. The van der Waals surface area contributed by atoms with Crippen molar-refractivity contribution in [3.8, 4) is 11.8 Å². The van der Waals surface area contributed by atoms with Gasteiger partial charge in [0, 0.05) is 22.6 Å². The van der Waals surface area contributed by atoms with Gasteiger partial charge in [0.2, 0.25) is 0 Å². The van der Waals surface area contributed by atoms with E-state index in [1.807, 2.05) is 12.1 Å². The summed E-state index contributed by atoms with van der Waals surface area (Å²) in [6.45, 7) is 0. The van der Waals surface area contributed by atoms with Gasteiger partial charge in [-0.1, -0.05) is 17.9 Å². The van der Waals surface area contributed by atoms with E-state index in [9.17, 15) is 0 Å². The summed E-state index contributed by atoms with van der Waals surface area (Å²) in [6.07, 6.45) is 2.92. The molecule has 1 rings (SSSR count). The highest BCUT2D eigenvalue weighted by molar-refractivity contribution is 7.98. The minimum atomic E-state index is 0.829. The van der Waals surface area contributed by atoms with Gasteiger partial charge in [0.25, 0.3) is 0 Å². The molecule has 0 N–H and O–H groups in total. The summed E-state index contributed by atoms with van der Waals surface area (Å²) in [6, 6.07) is 8.27. The number of thioether (sulfide) groups is 1. The zero-order chi connectivity index (χ0) is 9.52. The van der Waals surface area contributed by atoms with Crippen molar-refractivity contribution in [1.29, 1.82) is 0 Å². The molecule has 0 aliphatic carbocycles. The van der Waals surface area contributed by atoms with E-state index >= 15 is 0 Å². The lowest BCUT2D eigenvalue weighted by atomic mass is 10.2. The van der Waals surface area contributed by atoms with Crippen molar-refractivity contribution in [3.05, 3.63) is 29.8 Å². The summed E-state index contributed by atoms with van der Waals surface area (Å²) >= 11 is 5.84. The Bertz CT molecular complexity index is 320. The maximum Gasteiger partial charge on any atom is 0.0256 e. The van der Waals surface area contributed by atoms with Crippen molar-refractivity contribution in [1.82, 2.24) is 0 Å². The number of rotatable bonds is 2. The van der Waals surface area contributed by atoms with E-state index in [2.05, 4.69) is 42.9 Å². The summed E-state index contributed by atoms with van der Waals surface area (Å²) in [4.78, 5) is 1.26. The maximum atomic E-state index is 4.10. The molecule has 0 nitrogen and oxygen atoms in total. The van der Waals surface area contributed by atoms with Crippen LogP contribution in [0.4, 0.5) is 0 Å². The topological polar surface area (TPSA) is 0 Å². The highest BCUT2D eigenvalue weighted by Gasteiger charge is 1.89. The summed E-state index contributed by atoms with van der Waals surface area (Å²) < 4.78 is 0. The molecular weight excluding hydrogens is 196 g/mol. The fourth-order valence-electron chi connectivity index (χ4n) is 0.921. The van der Waals surface area contributed by atoms with E-state index in [0.29, 0.717) is 0 Å². The first-order valence-corrected chi connectivity index (χ1v) is 5.96. The Labute approximate surface area is 89.5 Å². The van der Waals surface area contributed by atoms with E-state index in [-0.39, 0.29) is 0 Å². The summed E-state index contributed by atoms with van der Waals surface area (Å²) in [5, 5.41) is 0. The Morgan fingerprint density at radius 2 is 2.31 bits per heavy atom. The van der Waals surface area contributed by atoms with E-state index in [4.69, 9.17) is 0 Å². The van der Waals surface area contributed by atoms with Gasteiger partial charge in [0.1, 0.15) is 0 Å². The van der Waals surface area contributed by atoms with Crippen molar-refractivity contribution in [2.45, 2.75) is 11.3 Å². The van der Waals surface area contributed by atoms with Gasteiger partial charge in [-0.15, -0.1) is 11.8 Å². The van der Waals surface area contributed by atoms with Crippen LogP contribution in [0.5, 0.6) is 0 Å². The van der Waals surface area contributed by atoms with Gasteiger partial charge in [-0.2, -0.15) is 12.6 Å². The largest absolute Gasteiger partial charge is 0.178 e. The number of hydrogen-bond donors (Lipinski definition) is 1. The van der Waals surface area contributed by atoms with Crippen LogP contribution in [0.15, 0.2) is 29.2 Å². The molecule has 0 saturated carbocycles. The number of benzene rings is 1. The first-order chi connectivity index (χ1) is 6.36. The van der Waals surface area contributed by atoms with E-state index < -0.39 is 0 Å². The molecule has 0 aliphatic heterocycles. The third kappa shape index (κ3) is 3.80. The molecule has 0 spiro atoms. The molecule has 0 bridgehead atoms. The second-order valence-corrected chi connectivity index (χ2v) is 3.83. The van der Waals surface area contributed by atoms with Crippen LogP contribution in [0.1, 0.15) is 12.0 Å². The third-order valence-electron chi connectivity index (χ3n) is 1.54. The van der Waals surface area contributed by atoms with E-state index in [1.54, 1.807) is 11.8 Å². The molecule has 0 radical (unpaired) electrons. The molecular formula is C11H12S2. The molecule has 13 heavy (non-hydrogen) atoms. The van der Waals surface area contributed by atoms with Crippen LogP contribution in [0.2, 0.25) is 0 Å². The van der Waals surface area contributed by atoms with Gasteiger partial charge in [-0.05, 0) is 24.5 Å². The van der Waals surface area contributed by atoms with Crippen LogP contribution in [-0.4, -0.2) is 12.0 Å². The van der Waals surface area contributed by atoms with Crippen molar-refractivity contribution in [2.24, 2.45) is 0 Å². The minimum absolute atomic E-state index is 0.829. The summed E-state index contributed by atoms with van der Waals surface area (Å²) in [7, 11) is 0. The first-order valence-electron chi connectivity index (χ1n) is 4.10. The highest BCUT2D eigenvalue weighted by atomic mass is 32.2. The van der Waals surface area contributed by atoms with Crippen LogP contribution in [0.25, 0.3) is 0 Å². The zero-order valence-corrected chi connectivity index (χ0v) is 9.29. The molecule has 0 amide bonds. The van der Waals surface area contributed by atoms with Crippen LogP contribution >= 0.6 is 24.4 Å². The standard InChI is InChI=1S/C11H12S2/c1-13-11-7-4-6-10(9-11)5-2-3-8-12/h4,6-7,9,12H,3,8H2,1H3. The molecule has 0 aliphatic rings. The van der Waals surface area contributed by atoms with Crippen molar-refractivity contribution < 1.29 is 0 Å². The lowest BCUT2D eigenvalue weighted by Crippen LogP contribution is -1.76. The molecule has 68 valence electrons. The van der Waals surface area contributed by atoms with Crippen molar-refractivity contribution in [2.75, 3.05) is 12.0 Å². The van der Waals surface area contributed by atoms with E-state index in [0.717, 1.165) is 17.7 Å². The van der Waals surface area contributed by atoms with Gasteiger partial charge in [0.05, 0.1) is 0 Å². The fourth-order valence-corrected chi connectivity index (χ4v) is 1.49. The average Bonchev–Trinajstić information content (AvgIpc) is 2.19. The number of thiol groups is 1. The number of hydrogen-bond acceptors (Lipinski definition) is 2. The van der Waals surface area contributed by atoms with Crippen molar-refractivity contribution in [3.63, 3.8) is 0 Å². The molecule has 0 heterocycles. The molecule has 1 aromatic rings. The normalized spacial score (nSPS) is 9.08. The summed E-state index contributed by atoms with van der Waals surface area (Å²) in [5.74, 6) is 7.00. The molecule has 0 saturated heterocycles. The Morgan fingerprint density at radius 3 is 3.00 bits per heavy atom. The van der Waals surface area contributed by atoms with Crippen LogP contribution < -0.4 is 0 Å². The molecule has 0 atom stereocenters. The molecule has 1 aromatic carbocycles.